The van der Waals surface area contributed by atoms with Gasteiger partial charge in [0.2, 0.25) is 0 Å². The van der Waals surface area contributed by atoms with Gasteiger partial charge >= 0.3 is 0 Å². The zero-order valence-electron chi connectivity index (χ0n) is 13.0. The number of nitrogens with one attached hydrogen (secondary N) is 1. The molecule has 1 aliphatic heterocycles. The molecule has 0 aliphatic carbocycles. The van der Waals surface area contributed by atoms with E-state index in [1.54, 1.807) is 6.07 Å². The molecule has 0 aromatic carbocycles. The fourth-order valence-corrected chi connectivity index (χ4v) is 2.76. The van der Waals surface area contributed by atoms with Crippen LogP contribution >= 0.6 is 0 Å². The maximum atomic E-state index is 13.0. The monoisotopic (exact) mass is 295 g/mol. The molecule has 1 fully saturated rings. The van der Waals surface area contributed by atoms with Crippen molar-refractivity contribution in [1.29, 1.82) is 0 Å². The van der Waals surface area contributed by atoms with Crippen molar-refractivity contribution in [3.05, 3.63) is 29.8 Å². The van der Waals surface area contributed by atoms with Gasteiger partial charge in [-0.15, -0.1) is 0 Å². The summed E-state index contributed by atoms with van der Waals surface area (Å²) in [7, 11) is 0. The van der Waals surface area contributed by atoms with E-state index in [1.165, 1.54) is 12.3 Å². The number of piperidine rings is 1. The van der Waals surface area contributed by atoms with E-state index in [9.17, 15) is 9.50 Å². The topological polar surface area (TPSA) is 48.4 Å². The van der Waals surface area contributed by atoms with Gasteiger partial charge in [-0.1, -0.05) is 6.92 Å². The number of hydrogen-bond acceptors (Lipinski definition) is 4. The Hall–Kier alpha value is -1.04. The molecule has 1 saturated heterocycles. The number of aliphatic hydroxyl groups is 1. The Morgan fingerprint density at radius 1 is 1.43 bits per heavy atom. The van der Waals surface area contributed by atoms with Crippen molar-refractivity contribution >= 4 is 0 Å². The number of hydrogen-bond donors (Lipinski definition) is 2. The molecule has 1 aromatic rings. The fraction of sp³-hybridized carbons (Fsp3) is 0.688. The third-order valence-corrected chi connectivity index (χ3v) is 4.23. The quantitative estimate of drug-likeness (QED) is 0.844. The van der Waals surface area contributed by atoms with Crippen LogP contribution in [0.4, 0.5) is 4.39 Å². The first-order valence-electron chi connectivity index (χ1n) is 7.80. The van der Waals surface area contributed by atoms with E-state index < -0.39 is 5.60 Å². The summed E-state index contributed by atoms with van der Waals surface area (Å²) in [6, 6.07) is 3.37. The van der Waals surface area contributed by atoms with E-state index in [1.807, 2.05) is 6.92 Å². The van der Waals surface area contributed by atoms with Crippen LogP contribution in [-0.4, -0.2) is 46.8 Å². The Kier molecular flexibility index (Phi) is 5.67. The lowest BCUT2D eigenvalue weighted by Gasteiger charge is -2.36. The van der Waals surface area contributed by atoms with Crippen LogP contribution in [0.3, 0.4) is 0 Å². The molecule has 1 aromatic heterocycles. The normalized spacial score (nSPS) is 20.4. The number of aromatic nitrogens is 1. The predicted molar refractivity (Wildman–Crippen MR) is 81.5 cm³/mol. The van der Waals surface area contributed by atoms with Gasteiger partial charge in [-0.25, -0.2) is 4.39 Å². The third-order valence-electron chi connectivity index (χ3n) is 4.23. The highest BCUT2D eigenvalue weighted by molar-refractivity contribution is 5.10. The SMILES string of the molecule is CCNC(CCN1CCC(C)(O)CC1)c1ccc(F)cn1. The van der Waals surface area contributed by atoms with Crippen LogP contribution < -0.4 is 5.32 Å². The number of rotatable bonds is 6. The highest BCUT2D eigenvalue weighted by atomic mass is 19.1. The summed E-state index contributed by atoms with van der Waals surface area (Å²) in [6.45, 7) is 7.67. The Balaban J connectivity index is 1.87. The Bertz CT molecular complexity index is 426. The second-order valence-electron chi connectivity index (χ2n) is 6.14. The minimum atomic E-state index is -0.504. The Morgan fingerprint density at radius 3 is 2.71 bits per heavy atom. The van der Waals surface area contributed by atoms with Crippen LogP contribution in [-0.2, 0) is 0 Å². The average molecular weight is 295 g/mol. The molecule has 5 heteroatoms. The Labute approximate surface area is 126 Å². The first-order chi connectivity index (χ1) is 10.00. The van der Waals surface area contributed by atoms with Crippen molar-refractivity contribution < 1.29 is 9.50 Å². The van der Waals surface area contributed by atoms with Gasteiger partial charge in [-0.3, -0.25) is 4.98 Å². The summed E-state index contributed by atoms with van der Waals surface area (Å²) >= 11 is 0. The fourth-order valence-electron chi connectivity index (χ4n) is 2.76. The molecule has 2 heterocycles. The molecule has 21 heavy (non-hydrogen) atoms. The van der Waals surface area contributed by atoms with Gasteiger partial charge in [-0.05, 0) is 44.9 Å². The number of nitrogens with zero attached hydrogens (tertiary/aromatic N) is 2. The summed E-state index contributed by atoms with van der Waals surface area (Å²) in [4.78, 5) is 6.57. The highest BCUT2D eigenvalue weighted by Crippen LogP contribution is 2.22. The van der Waals surface area contributed by atoms with Gasteiger partial charge in [0.05, 0.1) is 23.5 Å². The van der Waals surface area contributed by atoms with E-state index >= 15 is 0 Å². The smallest absolute Gasteiger partial charge is 0.141 e. The van der Waals surface area contributed by atoms with Crippen molar-refractivity contribution in [2.24, 2.45) is 0 Å². The molecule has 0 bridgehead atoms. The lowest BCUT2D eigenvalue weighted by molar-refractivity contribution is -0.00598. The van der Waals surface area contributed by atoms with Crippen LogP contribution in [0.15, 0.2) is 18.3 Å². The number of halogens is 1. The van der Waals surface area contributed by atoms with Gasteiger partial charge in [-0.2, -0.15) is 0 Å². The summed E-state index contributed by atoms with van der Waals surface area (Å²) in [6.07, 6.45) is 3.87. The van der Waals surface area contributed by atoms with Crippen molar-refractivity contribution in [2.45, 2.75) is 44.8 Å². The number of likely N-dealkylation sites (tertiary alicyclic amines) is 1. The molecular formula is C16H26FN3O. The Morgan fingerprint density at radius 2 is 2.14 bits per heavy atom. The lowest BCUT2D eigenvalue weighted by Crippen LogP contribution is -2.43. The molecule has 1 aliphatic rings. The van der Waals surface area contributed by atoms with E-state index in [0.717, 1.165) is 51.1 Å². The zero-order chi connectivity index (χ0) is 15.3. The minimum Gasteiger partial charge on any atom is -0.390 e. The standard InChI is InChI=1S/C16H26FN3O/c1-3-18-15(14-5-4-13(17)12-19-14)6-9-20-10-7-16(2,21)8-11-20/h4-5,12,15,18,21H,3,6-11H2,1-2H3. The van der Waals surface area contributed by atoms with Crippen LogP contribution in [0.1, 0.15) is 44.8 Å². The predicted octanol–water partition coefficient (Wildman–Crippen LogP) is 2.11. The highest BCUT2D eigenvalue weighted by Gasteiger charge is 2.27. The van der Waals surface area contributed by atoms with Crippen molar-refractivity contribution in [3.8, 4) is 0 Å². The molecule has 1 atom stereocenters. The maximum Gasteiger partial charge on any atom is 0.141 e. The first kappa shape index (κ1) is 16.3. The van der Waals surface area contributed by atoms with Crippen LogP contribution in [0.2, 0.25) is 0 Å². The second-order valence-corrected chi connectivity index (χ2v) is 6.14. The van der Waals surface area contributed by atoms with Crippen molar-refractivity contribution in [1.82, 2.24) is 15.2 Å². The molecule has 0 spiro atoms. The zero-order valence-corrected chi connectivity index (χ0v) is 13.0. The maximum absolute atomic E-state index is 13.0. The number of pyridine rings is 1. The molecule has 2 rings (SSSR count). The molecular weight excluding hydrogens is 269 g/mol. The summed E-state index contributed by atoms with van der Waals surface area (Å²) in [5, 5.41) is 13.4. The molecule has 118 valence electrons. The minimum absolute atomic E-state index is 0.151. The third kappa shape index (κ3) is 5.02. The van der Waals surface area contributed by atoms with E-state index in [-0.39, 0.29) is 11.9 Å². The van der Waals surface area contributed by atoms with Gasteiger partial charge in [0.25, 0.3) is 0 Å². The van der Waals surface area contributed by atoms with Crippen molar-refractivity contribution in [3.63, 3.8) is 0 Å². The summed E-state index contributed by atoms with van der Waals surface area (Å²) in [5.74, 6) is -0.299. The van der Waals surface area contributed by atoms with E-state index in [4.69, 9.17) is 0 Å². The van der Waals surface area contributed by atoms with Crippen LogP contribution in [0, 0.1) is 5.82 Å². The summed E-state index contributed by atoms with van der Waals surface area (Å²) < 4.78 is 13.0. The van der Waals surface area contributed by atoms with Crippen LogP contribution in [0.25, 0.3) is 0 Å². The first-order valence-corrected chi connectivity index (χ1v) is 7.80. The lowest BCUT2D eigenvalue weighted by atomic mass is 9.93. The van der Waals surface area contributed by atoms with E-state index in [0.29, 0.717) is 0 Å². The van der Waals surface area contributed by atoms with Crippen LogP contribution in [0.5, 0.6) is 0 Å². The van der Waals surface area contributed by atoms with Gasteiger partial charge in [0, 0.05) is 19.6 Å². The molecule has 2 N–H and O–H groups in total. The van der Waals surface area contributed by atoms with E-state index in [2.05, 4.69) is 22.1 Å². The molecule has 4 nitrogen and oxygen atoms in total. The molecule has 0 radical (unpaired) electrons. The largest absolute Gasteiger partial charge is 0.390 e. The van der Waals surface area contributed by atoms with Gasteiger partial charge in [0.15, 0.2) is 0 Å². The average Bonchev–Trinajstić information content (AvgIpc) is 2.46. The van der Waals surface area contributed by atoms with Gasteiger partial charge < -0.3 is 15.3 Å². The van der Waals surface area contributed by atoms with Crippen molar-refractivity contribution in [2.75, 3.05) is 26.2 Å². The molecule has 0 saturated carbocycles. The molecule has 0 amide bonds. The second kappa shape index (κ2) is 7.29. The van der Waals surface area contributed by atoms with Gasteiger partial charge in [0.1, 0.15) is 5.82 Å². The molecule has 1 unspecified atom stereocenters. The summed E-state index contributed by atoms with van der Waals surface area (Å²) in [5.41, 5.74) is 0.387.